The fourth-order valence-corrected chi connectivity index (χ4v) is 1.56. The lowest BCUT2D eigenvalue weighted by molar-refractivity contribution is -0.384. The van der Waals surface area contributed by atoms with Gasteiger partial charge in [-0.1, -0.05) is 6.07 Å². The Morgan fingerprint density at radius 1 is 1.53 bits per heavy atom. The molecule has 2 aromatic heterocycles. The number of hydrogen-bond acceptors (Lipinski definition) is 5. The van der Waals surface area contributed by atoms with Crippen LogP contribution in [0, 0.1) is 10.1 Å². The zero-order chi connectivity index (χ0) is 12.4. The summed E-state index contributed by atoms with van der Waals surface area (Å²) in [6, 6.07) is 5.21. The summed E-state index contributed by atoms with van der Waals surface area (Å²) < 4.78 is 1.39. The third kappa shape index (κ3) is 1.94. The molecular weight excluding hydrogens is 222 g/mol. The predicted molar refractivity (Wildman–Crippen MR) is 61.3 cm³/mol. The van der Waals surface area contributed by atoms with E-state index in [1.165, 1.54) is 4.68 Å². The Hall–Kier alpha value is -2.44. The van der Waals surface area contributed by atoms with Gasteiger partial charge in [0.25, 0.3) is 0 Å². The molecule has 2 heterocycles. The van der Waals surface area contributed by atoms with Crippen molar-refractivity contribution in [3.05, 3.63) is 46.4 Å². The van der Waals surface area contributed by atoms with E-state index in [0.717, 1.165) is 11.9 Å². The van der Waals surface area contributed by atoms with Crippen LogP contribution in [0.15, 0.2) is 30.6 Å². The van der Waals surface area contributed by atoms with Crippen molar-refractivity contribution in [1.82, 2.24) is 14.8 Å². The summed E-state index contributed by atoms with van der Waals surface area (Å²) in [5, 5.41) is 14.6. The van der Waals surface area contributed by atoms with E-state index in [-0.39, 0.29) is 17.5 Å². The van der Waals surface area contributed by atoms with E-state index in [9.17, 15) is 10.1 Å². The number of anilines is 1. The maximum atomic E-state index is 10.7. The minimum atomic E-state index is -0.552. The second kappa shape index (κ2) is 4.20. The minimum Gasteiger partial charge on any atom is -0.378 e. The number of hydrogen-bond donors (Lipinski definition) is 1. The van der Waals surface area contributed by atoms with Crippen molar-refractivity contribution in [3.63, 3.8) is 0 Å². The molecule has 2 aromatic rings. The molecule has 0 aliphatic carbocycles. The zero-order valence-corrected chi connectivity index (χ0v) is 9.15. The Balaban J connectivity index is 2.39. The molecule has 1 unspecified atom stereocenters. The topological polar surface area (TPSA) is 99.9 Å². The predicted octanol–water partition coefficient (Wildman–Crippen LogP) is 1.38. The molecule has 0 amide bonds. The van der Waals surface area contributed by atoms with Crippen molar-refractivity contribution < 1.29 is 4.92 Å². The summed E-state index contributed by atoms with van der Waals surface area (Å²) in [5.74, 6) is 0.0353. The molecule has 7 heteroatoms. The molecule has 0 aliphatic heterocycles. The summed E-state index contributed by atoms with van der Waals surface area (Å²) in [4.78, 5) is 14.3. The molecule has 88 valence electrons. The van der Waals surface area contributed by atoms with Crippen LogP contribution in [-0.4, -0.2) is 19.7 Å². The SMILES string of the molecule is CC(c1ccccn1)n1ncc([N+](=O)[O-])c1N. The molecule has 0 radical (unpaired) electrons. The highest BCUT2D eigenvalue weighted by atomic mass is 16.6. The first-order valence-corrected chi connectivity index (χ1v) is 4.99. The van der Waals surface area contributed by atoms with Gasteiger partial charge in [0, 0.05) is 6.20 Å². The van der Waals surface area contributed by atoms with Crippen molar-refractivity contribution in [3.8, 4) is 0 Å². The van der Waals surface area contributed by atoms with Crippen LogP contribution < -0.4 is 5.73 Å². The third-order valence-electron chi connectivity index (χ3n) is 2.49. The number of nitrogens with zero attached hydrogens (tertiary/aromatic N) is 4. The normalized spacial score (nSPS) is 12.3. The summed E-state index contributed by atoms with van der Waals surface area (Å²) >= 11 is 0. The molecule has 0 fully saturated rings. The highest BCUT2D eigenvalue weighted by Gasteiger charge is 2.21. The van der Waals surface area contributed by atoms with E-state index in [1.54, 1.807) is 12.3 Å². The van der Waals surface area contributed by atoms with E-state index < -0.39 is 4.92 Å². The Morgan fingerprint density at radius 2 is 2.29 bits per heavy atom. The van der Waals surface area contributed by atoms with Crippen LogP contribution in [0.4, 0.5) is 11.5 Å². The highest BCUT2D eigenvalue weighted by molar-refractivity contribution is 5.51. The van der Waals surface area contributed by atoms with Crippen LogP contribution in [-0.2, 0) is 0 Å². The maximum Gasteiger partial charge on any atom is 0.330 e. The Kier molecular flexibility index (Phi) is 2.73. The number of pyridine rings is 1. The van der Waals surface area contributed by atoms with Gasteiger partial charge in [-0.3, -0.25) is 15.1 Å². The average Bonchev–Trinajstić information content (AvgIpc) is 2.71. The molecule has 7 nitrogen and oxygen atoms in total. The first-order valence-electron chi connectivity index (χ1n) is 4.99. The van der Waals surface area contributed by atoms with Crippen molar-refractivity contribution in [2.45, 2.75) is 13.0 Å². The first-order chi connectivity index (χ1) is 8.11. The van der Waals surface area contributed by atoms with Gasteiger partial charge in [0.2, 0.25) is 5.82 Å². The van der Waals surface area contributed by atoms with Crippen LogP contribution >= 0.6 is 0 Å². The van der Waals surface area contributed by atoms with E-state index in [0.29, 0.717) is 0 Å². The van der Waals surface area contributed by atoms with Gasteiger partial charge < -0.3 is 5.73 Å². The number of nitrogens with two attached hydrogens (primary N) is 1. The summed E-state index contributed by atoms with van der Waals surface area (Å²) in [5.41, 5.74) is 6.23. The van der Waals surface area contributed by atoms with Crippen LogP contribution in [0.25, 0.3) is 0 Å². The molecule has 2 rings (SSSR count). The van der Waals surface area contributed by atoms with Crippen LogP contribution in [0.3, 0.4) is 0 Å². The van der Waals surface area contributed by atoms with Gasteiger partial charge in [0.05, 0.1) is 16.7 Å². The van der Waals surface area contributed by atoms with E-state index in [4.69, 9.17) is 5.73 Å². The number of nitrogen functional groups attached to an aromatic ring is 1. The van der Waals surface area contributed by atoms with Gasteiger partial charge in [0.15, 0.2) is 0 Å². The zero-order valence-electron chi connectivity index (χ0n) is 9.15. The molecule has 0 bridgehead atoms. The van der Waals surface area contributed by atoms with E-state index in [2.05, 4.69) is 10.1 Å². The summed E-state index contributed by atoms with van der Waals surface area (Å²) in [6.45, 7) is 1.83. The molecule has 1 atom stereocenters. The second-order valence-electron chi connectivity index (χ2n) is 3.55. The van der Waals surface area contributed by atoms with Crippen molar-refractivity contribution in [1.29, 1.82) is 0 Å². The third-order valence-corrected chi connectivity index (χ3v) is 2.49. The summed E-state index contributed by atoms with van der Waals surface area (Å²) in [7, 11) is 0. The number of nitro groups is 1. The molecule has 0 saturated heterocycles. The van der Waals surface area contributed by atoms with Crippen LogP contribution in [0.1, 0.15) is 18.7 Å². The quantitative estimate of drug-likeness (QED) is 0.637. The van der Waals surface area contributed by atoms with E-state index >= 15 is 0 Å². The molecule has 2 N–H and O–H groups in total. The lowest BCUT2D eigenvalue weighted by Crippen LogP contribution is -2.12. The van der Waals surface area contributed by atoms with Gasteiger partial charge in [-0.2, -0.15) is 5.10 Å². The van der Waals surface area contributed by atoms with E-state index in [1.807, 2.05) is 19.1 Å². The minimum absolute atomic E-state index is 0.0353. The lowest BCUT2D eigenvalue weighted by atomic mass is 10.2. The van der Waals surface area contributed by atoms with Crippen LogP contribution in [0.2, 0.25) is 0 Å². The summed E-state index contributed by atoms with van der Waals surface area (Å²) in [6.07, 6.45) is 2.80. The van der Waals surface area contributed by atoms with Gasteiger partial charge in [-0.05, 0) is 19.1 Å². The molecule has 17 heavy (non-hydrogen) atoms. The monoisotopic (exact) mass is 233 g/mol. The maximum absolute atomic E-state index is 10.7. The average molecular weight is 233 g/mol. The van der Waals surface area contributed by atoms with Crippen LogP contribution in [0.5, 0.6) is 0 Å². The Labute approximate surface area is 97.0 Å². The van der Waals surface area contributed by atoms with Crippen molar-refractivity contribution in [2.75, 3.05) is 5.73 Å². The Bertz CT molecular complexity index is 537. The standard InChI is InChI=1S/C10H11N5O2/c1-7(8-4-2-3-5-12-8)14-10(11)9(6-13-14)15(16)17/h2-7H,11H2,1H3. The first kappa shape index (κ1) is 11.1. The van der Waals surface area contributed by atoms with Gasteiger partial charge >= 0.3 is 5.69 Å². The van der Waals surface area contributed by atoms with Gasteiger partial charge in [0.1, 0.15) is 6.20 Å². The van der Waals surface area contributed by atoms with Gasteiger partial charge in [-0.25, -0.2) is 4.68 Å². The molecule has 0 spiro atoms. The fourth-order valence-electron chi connectivity index (χ4n) is 1.56. The number of rotatable bonds is 3. The Morgan fingerprint density at radius 3 is 2.82 bits per heavy atom. The smallest absolute Gasteiger partial charge is 0.330 e. The largest absolute Gasteiger partial charge is 0.378 e. The molecule has 0 aromatic carbocycles. The highest BCUT2D eigenvalue weighted by Crippen LogP contribution is 2.25. The second-order valence-corrected chi connectivity index (χ2v) is 3.55. The lowest BCUT2D eigenvalue weighted by Gasteiger charge is -2.12. The van der Waals surface area contributed by atoms with Crippen molar-refractivity contribution in [2.24, 2.45) is 0 Å². The number of aromatic nitrogens is 3. The van der Waals surface area contributed by atoms with Gasteiger partial charge in [-0.15, -0.1) is 0 Å². The molecular formula is C10H11N5O2. The molecule has 0 aliphatic rings. The van der Waals surface area contributed by atoms with Crippen molar-refractivity contribution >= 4 is 11.5 Å². The fraction of sp³-hybridized carbons (Fsp3) is 0.200. The molecule has 0 saturated carbocycles.